The van der Waals surface area contributed by atoms with E-state index in [1.165, 1.54) is 5.56 Å². The first-order valence-corrected chi connectivity index (χ1v) is 7.83. The zero-order valence-electron chi connectivity index (χ0n) is 11.7. The summed E-state index contributed by atoms with van der Waals surface area (Å²) < 4.78 is 6.53. The summed E-state index contributed by atoms with van der Waals surface area (Å²) in [6.45, 7) is 4.14. The van der Waals surface area contributed by atoms with Crippen LogP contribution in [0.25, 0.3) is 0 Å². The number of nitrogens with one attached hydrogen (secondary N) is 2. The Morgan fingerprint density at radius 3 is 3.05 bits per heavy atom. The Bertz CT molecular complexity index is 459. The summed E-state index contributed by atoms with van der Waals surface area (Å²) in [7, 11) is 0. The van der Waals surface area contributed by atoms with Crippen molar-refractivity contribution in [3.05, 3.63) is 28.2 Å². The third-order valence-corrected chi connectivity index (χ3v) is 3.90. The highest BCUT2D eigenvalue weighted by molar-refractivity contribution is 9.10. The molecule has 1 unspecified atom stereocenters. The Hall–Kier alpha value is -1.07. The van der Waals surface area contributed by atoms with Gasteiger partial charge >= 0.3 is 0 Å². The van der Waals surface area contributed by atoms with E-state index >= 15 is 0 Å². The van der Waals surface area contributed by atoms with Gasteiger partial charge in [-0.2, -0.15) is 0 Å². The standard InChI is InChI=1S/C15H21BrN2O2/c1-11-9-12(16)4-5-14(11)17-7-6-15(19)18-10-13-3-2-8-20-13/h4-5,9,13,17H,2-3,6-8,10H2,1H3,(H,18,19). The number of hydrogen-bond donors (Lipinski definition) is 2. The molecule has 1 aliphatic heterocycles. The Labute approximate surface area is 128 Å². The van der Waals surface area contributed by atoms with Crippen LogP contribution in [-0.2, 0) is 9.53 Å². The molecule has 1 saturated heterocycles. The molecule has 110 valence electrons. The van der Waals surface area contributed by atoms with Crippen LogP contribution in [-0.4, -0.2) is 31.7 Å². The smallest absolute Gasteiger partial charge is 0.221 e. The molecule has 0 radical (unpaired) electrons. The predicted octanol–water partition coefficient (Wildman–Crippen LogP) is 2.85. The summed E-state index contributed by atoms with van der Waals surface area (Å²) in [5, 5.41) is 6.21. The largest absolute Gasteiger partial charge is 0.384 e. The molecule has 1 amide bonds. The molecular formula is C15H21BrN2O2. The van der Waals surface area contributed by atoms with Gasteiger partial charge in [0, 0.05) is 36.3 Å². The van der Waals surface area contributed by atoms with E-state index < -0.39 is 0 Å². The summed E-state index contributed by atoms with van der Waals surface area (Å²) in [6, 6.07) is 6.07. The van der Waals surface area contributed by atoms with Gasteiger partial charge in [-0.05, 0) is 43.5 Å². The quantitative estimate of drug-likeness (QED) is 0.837. The number of carbonyl (C=O) groups is 1. The summed E-state index contributed by atoms with van der Waals surface area (Å²) in [6.07, 6.45) is 2.84. The van der Waals surface area contributed by atoms with Crippen molar-refractivity contribution in [1.29, 1.82) is 0 Å². The van der Waals surface area contributed by atoms with Gasteiger partial charge in [0.15, 0.2) is 0 Å². The van der Waals surface area contributed by atoms with Crippen LogP contribution in [0.4, 0.5) is 5.69 Å². The highest BCUT2D eigenvalue weighted by Crippen LogP contribution is 2.19. The molecule has 1 heterocycles. The van der Waals surface area contributed by atoms with Crippen LogP contribution in [0.1, 0.15) is 24.8 Å². The van der Waals surface area contributed by atoms with Gasteiger partial charge < -0.3 is 15.4 Å². The van der Waals surface area contributed by atoms with Crippen LogP contribution in [0.15, 0.2) is 22.7 Å². The Morgan fingerprint density at radius 2 is 2.35 bits per heavy atom. The number of rotatable bonds is 6. The van der Waals surface area contributed by atoms with Crippen molar-refractivity contribution in [2.24, 2.45) is 0 Å². The zero-order valence-corrected chi connectivity index (χ0v) is 13.3. The molecule has 0 saturated carbocycles. The summed E-state index contributed by atoms with van der Waals surface area (Å²) in [5.41, 5.74) is 2.24. The Balaban J connectivity index is 1.65. The second kappa shape index (κ2) is 7.64. The molecule has 20 heavy (non-hydrogen) atoms. The van der Waals surface area contributed by atoms with Crippen LogP contribution >= 0.6 is 15.9 Å². The molecule has 2 N–H and O–H groups in total. The first kappa shape index (κ1) is 15.3. The number of hydrogen-bond acceptors (Lipinski definition) is 3. The van der Waals surface area contributed by atoms with E-state index in [0.29, 0.717) is 19.5 Å². The van der Waals surface area contributed by atoms with Crippen molar-refractivity contribution in [3.8, 4) is 0 Å². The number of benzene rings is 1. The lowest BCUT2D eigenvalue weighted by atomic mass is 10.2. The van der Waals surface area contributed by atoms with Crippen molar-refractivity contribution in [2.45, 2.75) is 32.3 Å². The van der Waals surface area contributed by atoms with Crippen LogP contribution in [0, 0.1) is 6.92 Å². The van der Waals surface area contributed by atoms with Crippen molar-refractivity contribution >= 4 is 27.5 Å². The first-order valence-electron chi connectivity index (χ1n) is 7.03. The fourth-order valence-corrected chi connectivity index (χ4v) is 2.73. The maximum absolute atomic E-state index is 11.7. The molecule has 0 spiro atoms. The molecule has 0 aromatic heterocycles. The molecule has 1 atom stereocenters. The number of carbonyl (C=O) groups excluding carboxylic acids is 1. The van der Waals surface area contributed by atoms with Crippen LogP contribution in [0.3, 0.4) is 0 Å². The van der Waals surface area contributed by atoms with E-state index in [2.05, 4.69) is 32.6 Å². The van der Waals surface area contributed by atoms with Crippen molar-refractivity contribution < 1.29 is 9.53 Å². The van der Waals surface area contributed by atoms with Gasteiger partial charge in [-0.3, -0.25) is 4.79 Å². The topological polar surface area (TPSA) is 50.4 Å². The van der Waals surface area contributed by atoms with Crippen molar-refractivity contribution in [3.63, 3.8) is 0 Å². The lowest BCUT2D eigenvalue weighted by Crippen LogP contribution is -2.32. The predicted molar refractivity (Wildman–Crippen MR) is 84.0 cm³/mol. The van der Waals surface area contributed by atoms with Gasteiger partial charge in [0.05, 0.1) is 6.10 Å². The van der Waals surface area contributed by atoms with Crippen LogP contribution in [0.2, 0.25) is 0 Å². The van der Waals surface area contributed by atoms with E-state index in [0.717, 1.165) is 29.6 Å². The average Bonchev–Trinajstić information content (AvgIpc) is 2.92. The maximum atomic E-state index is 11.7. The van der Waals surface area contributed by atoms with E-state index in [1.807, 2.05) is 19.1 Å². The molecular weight excluding hydrogens is 320 g/mol. The minimum absolute atomic E-state index is 0.0720. The Kier molecular flexibility index (Phi) is 5.86. The lowest BCUT2D eigenvalue weighted by molar-refractivity contribution is -0.121. The third-order valence-electron chi connectivity index (χ3n) is 3.41. The molecule has 0 aliphatic carbocycles. The van der Waals surface area contributed by atoms with E-state index in [-0.39, 0.29) is 12.0 Å². The van der Waals surface area contributed by atoms with Gasteiger partial charge in [-0.25, -0.2) is 0 Å². The monoisotopic (exact) mass is 340 g/mol. The zero-order chi connectivity index (χ0) is 14.4. The highest BCUT2D eigenvalue weighted by atomic mass is 79.9. The van der Waals surface area contributed by atoms with Gasteiger partial charge in [-0.1, -0.05) is 15.9 Å². The highest BCUT2D eigenvalue weighted by Gasteiger charge is 2.15. The van der Waals surface area contributed by atoms with E-state index in [4.69, 9.17) is 4.74 Å². The van der Waals surface area contributed by atoms with Crippen LogP contribution < -0.4 is 10.6 Å². The third kappa shape index (κ3) is 4.80. The average molecular weight is 341 g/mol. The number of aryl methyl sites for hydroxylation is 1. The minimum Gasteiger partial charge on any atom is -0.384 e. The second-order valence-electron chi connectivity index (χ2n) is 5.08. The molecule has 2 rings (SSSR count). The summed E-state index contributed by atoms with van der Waals surface area (Å²) in [4.78, 5) is 11.7. The number of anilines is 1. The molecule has 0 bridgehead atoms. The fraction of sp³-hybridized carbons (Fsp3) is 0.533. The van der Waals surface area contributed by atoms with E-state index in [9.17, 15) is 4.79 Å². The normalized spacial score (nSPS) is 18.0. The van der Waals surface area contributed by atoms with Crippen LogP contribution in [0.5, 0.6) is 0 Å². The number of amides is 1. The van der Waals surface area contributed by atoms with Gasteiger partial charge in [0.25, 0.3) is 0 Å². The summed E-state index contributed by atoms with van der Waals surface area (Å²) >= 11 is 3.44. The van der Waals surface area contributed by atoms with Crippen molar-refractivity contribution in [2.75, 3.05) is 25.0 Å². The maximum Gasteiger partial charge on any atom is 0.221 e. The number of halogens is 1. The fourth-order valence-electron chi connectivity index (χ4n) is 2.26. The van der Waals surface area contributed by atoms with Gasteiger partial charge in [-0.15, -0.1) is 0 Å². The molecule has 4 nitrogen and oxygen atoms in total. The molecule has 1 aliphatic rings. The van der Waals surface area contributed by atoms with Gasteiger partial charge in [0.2, 0.25) is 5.91 Å². The Morgan fingerprint density at radius 1 is 1.50 bits per heavy atom. The minimum atomic E-state index is 0.0720. The number of ether oxygens (including phenoxy) is 1. The molecule has 1 fully saturated rings. The molecule has 5 heteroatoms. The van der Waals surface area contributed by atoms with Crippen molar-refractivity contribution in [1.82, 2.24) is 5.32 Å². The summed E-state index contributed by atoms with van der Waals surface area (Å²) in [5.74, 6) is 0.0720. The first-order chi connectivity index (χ1) is 9.65. The van der Waals surface area contributed by atoms with E-state index in [1.54, 1.807) is 0 Å². The molecule has 1 aromatic rings. The van der Waals surface area contributed by atoms with Gasteiger partial charge in [0.1, 0.15) is 0 Å². The molecule has 1 aromatic carbocycles. The lowest BCUT2D eigenvalue weighted by Gasteiger charge is -2.12. The SMILES string of the molecule is Cc1cc(Br)ccc1NCCC(=O)NCC1CCCO1. The second-order valence-corrected chi connectivity index (χ2v) is 5.99.